The molecule has 0 aliphatic heterocycles. The lowest BCUT2D eigenvalue weighted by molar-refractivity contribution is 1.53. The van der Waals surface area contributed by atoms with Gasteiger partial charge in [-0.3, -0.25) is 0 Å². The zero-order valence-electron chi connectivity index (χ0n) is 70.3. The summed E-state index contributed by atoms with van der Waals surface area (Å²) >= 11 is 0. The highest BCUT2D eigenvalue weighted by atomic mass is 14.4. The molecule has 0 amide bonds. The lowest BCUT2D eigenvalue weighted by Gasteiger charge is -2.30. The Morgan fingerprint density at radius 2 is 0.266 bits per heavy atom. The molecule has 24 aromatic carbocycles. The number of fused-ring (bicyclic) bond motifs is 11. The third-order valence-corrected chi connectivity index (χ3v) is 26.5. The summed E-state index contributed by atoms with van der Waals surface area (Å²) in [4.78, 5) is 0. The molecule has 0 aromatic heterocycles. The van der Waals surface area contributed by atoms with Crippen LogP contribution >= 0.6 is 0 Å². The van der Waals surface area contributed by atoms with Crippen LogP contribution in [0.4, 0.5) is 0 Å². The fraction of sp³-hybridized carbons (Fsp3) is 0. The van der Waals surface area contributed by atoms with Crippen molar-refractivity contribution in [3.05, 3.63) is 497 Å². The average Bonchev–Trinajstić information content (AvgIpc) is 0.699. The van der Waals surface area contributed by atoms with E-state index >= 15 is 0 Å². The molecule has 0 N–H and O–H groups in total. The van der Waals surface area contributed by atoms with Gasteiger partial charge in [-0.25, -0.2) is 0 Å². The number of hydrogen-bond donors (Lipinski definition) is 0. The van der Waals surface area contributed by atoms with Crippen LogP contribution in [0.25, 0.3) is 253 Å². The molecular formula is C128H82. The van der Waals surface area contributed by atoms with Crippen molar-refractivity contribution < 1.29 is 0 Å². The Kier molecular flexibility index (Phi) is 18.7. The second-order valence-corrected chi connectivity index (χ2v) is 34.1. The summed E-state index contributed by atoms with van der Waals surface area (Å²) in [6, 6.07) is 188. The molecule has 0 spiro atoms. The number of benzene rings is 24. The topological polar surface area (TPSA) is 0 Å². The molecule has 0 unspecified atom stereocenters. The Labute approximate surface area is 745 Å². The van der Waals surface area contributed by atoms with Crippen molar-refractivity contribution in [1.82, 2.24) is 0 Å². The van der Waals surface area contributed by atoms with Crippen LogP contribution in [0.5, 0.6) is 0 Å². The Bertz CT molecular complexity index is 8090. The van der Waals surface area contributed by atoms with Crippen LogP contribution in [0.1, 0.15) is 0 Å². The van der Waals surface area contributed by atoms with Gasteiger partial charge in [0.2, 0.25) is 0 Å². The van der Waals surface area contributed by atoms with E-state index in [4.69, 9.17) is 0 Å². The monoisotopic (exact) mass is 1620 g/mol. The van der Waals surface area contributed by atoms with Crippen LogP contribution in [0, 0.1) is 0 Å². The largest absolute Gasteiger partial charge is 0.0622 e. The second-order valence-electron chi connectivity index (χ2n) is 34.1. The quantitative estimate of drug-likeness (QED) is 0.0898. The first-order chi connectivity index (χ1) is 63.4. The van der Waals surface area contributed by atoms with Gasteiger partial charge >= 0.3 is 0 Å². The van der Waals surface area contributed by atoms with Crippen molar-refractivity contribution in [2.75, 3.05) is 0 Å². The van der Waals surface area contributed by atoms with Gasteiger partial charge in [-0.05, 0) is 344 Å². The summed E-state index contributed by atoms with van der Waals surface area (Å²) in [5.41, 5.74) is 33.9. The van der Waals surface area contributed by atoms with Gasteiger partial charge in [0.25, 0.3) is 0 Å². The molecule has 0 saturated heterocycles. The van der Waals surface area contributed by atoms with Gasteiger partial charge in [0.05, 0.1) is 0 Å². The average molecular weight is 1620 g/mol. The van der Waals surface area contributed by atoms with E-state index in [2.05, 4.69) is 497 Å². The Morgan fingerprint density at radius 1 is 0.0781 bits per heavy atom. The van der Waals surface area contributed by atoms with E-state index in [1.807, 2.05) is 0 Å². The number of hydrogen-bond acceptors (Lipinski definition) is 0. The Morgan fingerprint density at radius 3 is 0.570 bits per heavy atom. The molecule has 0 aliphatic carbocycles. The molecule has 128 heavy (non-hydrogen) atoms. The van der Waals surface area contributed by atoms with Crippen LogP contribution in [-0.2, 0) is 0 Å². The standard InChI is InChI=1S/C128H82/c1-8-28-83(29-9-1)90-42-26-44-103(71-90)120-81-111(78-109-76-95(62-65-113(109)120)88-38-18-6-19-39-88)127-123(105-59-56-97-68-92(50-53-100(97)73-105)85-32-12-3-13-33-85)126(108-64-67-119-117-48-23-22-46-115(117)116-47-24-25-49-118(116)122(119)80-108)124(106-60-57-98-69-93(51-54-101(98)74-106)86-34-14-4-15-35-86)128(125(127)107-61-58-99-70-94(52-55-102(99)75-107)87-36-16-5-17-37-87)112-79-110-77-96(89-40-20-7-21-41-89)63-66-114(110)121(82-112)104-45-27-43-91(72-104)84-30-10-2-11-31-84/h1-82H. The van der Waals surface area contributed by atoms with Gasteiger partial charge < -0.3 is 0 Å². The first kappa shape index (κ1) is 75.1. The zero-order chi connectivity index (χ0) is 84.5. The van der Waals surface area contributed by atoms with E-state index in [1.54, 1.807) is 0 Å². The molecule has 0 radical (unpaired) electrons. The van der Waals surface area contributed by atoms with Crippen molar-refractivity contribution in [2.45, 2.75) is 0 Å². The summed E-state index contributed by atoms with van der Waals surface area (Å²) in [5, 5.41) is 18.7. The van der Waals surface area contributed by atoms with E-state index in [0.29, 0.717) is 0 Å². The second kappa shape index (κ2) is 31.9. The van der Waals surface area contributed by atoms with Crippen molar-refractivity contribution in [2.24, 2.45) is 0 Å². The van der Waals surface area contributed by atoms with Crippen molar-refractivity contribution in [1.29, 1.82) is 0 Å². The van der Waals surface area contributed by atoms with E-state index < -0.39 is 0 Å². The van der Waals surface area contributed by atoms with Crippen LogP contribution in [0.15, 0.2) is 497 Å². The van der Waals surface area contributed by atoms with Gasteiger partial charge in [0.15, 0.2) is 0 Å². The predicted octanol–water partition coefficient (Wildman–Crippen LogP) is 35.9. The van der Waals surface area contributed by atoms with E-state index in [1.165, 1.54) is 65.7 Å². The molecule has 0 fully saturated rings. The molecule has 0 atom stereocenters. The predicted molar refractivity (Wildman–Crippen MR) is 548 cm³/mol. The Balaban J connectivity index is 0.935. The van der Waals surface area contributed by atoms with Crippen molar-refractivity contribution in [3.63, 3.8) is 0 Å². The van der Waals surface area contributed by atoms with Crippen molar-refractivity contribution in [3.8, 4) is 167 Å². The lowest BCUT2D eigenvalue weighted by atomic mass is 9.72. The maximum absolute atomic E-state index is 2.57. The molecule has 0 heteroatoms. The highest BCUT2D eigenvalue weighted by Gasteiger charge is 2.32. The first-order valence-corrected chi connectivity index (χ1v) is 44.4. The molecule has 0 heterocycles. The minimum Gasteiger partial charge on any atom is -0.0622 e. The van der Waals surface area contributed by atoms with Crippen LogP contribution < -0.4 is 0 Å². The summed E-state index contributed by atoms with van der Waals surface area (Å²) in [7, 11) is 0. The maximum atomic E-state index is 2.57. The summed E-state index contributed by atoms with van der Waals surface area (Å²) in [6.07, 6.45) is 0. The van der Waals surface area contributed by atoms with Gasteiger partial charge in [-0.15, -0.1) is 0 Å². The molecule has 0 bridgehead atoms. The van der Waals surface area contributed by atoms with Gasteiger partial charge in [-0.2, -0.15) is 0 Å². The summed E-state index contributed by atoms with van der Waals surface area (Å²) in [5.74, 6) is 0. The fourth-order valence-electron chi connectivity index (χ4n) is 20.3. The van der Waals surface area contributed by atoms with Gasteiger partial charge in [0.1, 0.15) is 0 Å². The van der Waals surface area contributed by atoms with Crippen LogP contribution in [0.2, 0.25) is 0 Å². The zero-order valence-corrected chi connectivity index (χ0v) is 70.3. The molecule has 0 nitrogen and oxygen atoms in total. The minimum absolute atomic E-state index is 1.08. The SMILES string of the molecule is c1ccc(-c2cccc(-c3cc(-c4c(-c5ccc6cc(-c7ccccc7)ccc6c5)c(-c5cc(-c6cccc(-c7ccccc7)c6)c6ccc(-c7ccccc7)cc6c5)c(-c5ccc6cc(-c7ccccc7)ccc6c5)c(-c5ccc6c7ccccc7c7ccccc7c6c5)c4-c4ccc5cc(-c6ccccc6)ccc5c4)cc4cc(-c5ccccc5)ccc34)c2)cc1. The van der Waals surface area contributed by atoms with E-state index in [-0.39, 0.29) is 0 Å². The molecule has 24 aromatic rings. The Hall–Kier alpha value is -16.6. The fourth-order valence-corrected chi connectivity index (χ4v) is 20.3. The van der Waals surface area contributed by atoms with Gasteiger partial charge in [0, 0.05) is 0 Å². The van der Waals surface area contributed by atoms with Crippen LogP contribution in [0.3, 0.4) is 0 Å². The smallest absolute Gasteiger partial charge is 0.00134 e. The van der Waals surface area contributed by atoms with Gasteiger partial charge in [-0.1, -0.05) is 406 Å². The summed E-state index contributed by atoms with van der Waals surface area (Å²) in [6.45, 7) is 0. The third kappa shape index (κ3) is 13.7. The highest BCUT2D eigenvalue weighted by molar-refractivity contribution is 6.27. The molecular weight excluding hydrogens is 1540 g/mol. The highest BCUT2D eigenvalue weighted by Crippen LogP contribution is 2.59. The summed E-state index contributed by atoms with van der Waals surface area (Å²) < 4.78 is 0. The third-order valence-electron chi connectivity index (χ3n) is 26.5. The lowest BCUT2D eigenvalue weighted by Crippen LogP contribution is -2.03. The molecule has 594 valence electrons. The molecule has 0 saturated carbocycles. The molecule has 24 rings (SSSR count). The first-order valence-electron chi connectivity index (χ1n) is 44.4. The number of rotatable bonds is 15. The molecule has 0 aliphatic rings. The normalized spacial score (nSPS) is 11.6. The van der Waals surface area contributed by atoms with Crippen molar-refractivity contribution >= 4 is 86.2 Å². The van der Waals surface area contributed by atoms with E-state index in [9.17, 15) is 0 Å². The van der Waals surface area contributed by atoms with Crippen LogP contribution in [-0.4, -0.2) is 0 Å². The maximum Gasteiger partial charge on any atom is -0.00134 e. The minimum atomic E-state index is 1.08. The van der Waals surface area contributed by atoms with E-state index in [0.717, 1.165) is 187 Å².